The van der Waals surface area contributed by atoms with E-state index in [2.05, 4.69) is 24.3 Å². The van der Waals surface area contributed by atoms with Gasteiger partial charge in [0.25, 0.3) is 0 Å². The monoisotopic (exact) mass is 304 g/mol. The molecule has 0 aliphatic rings. The van der Waals surface area contributed by atoms with Gasteiger partial charge in [-0.25, -0.2) is 0 Å². The van der Waals surface area contributed by atoms with Crippen LogP contribution >= 0.6 is 23.4 Å². The summed E-state index contributed by atoms with van der Waals surface area (Å²) in [5.41, 5.74) is 1.15. The number of benzene rings is 1. The van der Waals surface area contributed by atoms with Gasteiger partial charge in [-0.15, -0.1) is 23.4 Å². The van der Waals surface area contributed by atoms with Gasteiger partial charge in [0, 0.05) is 23.6 Å². The van der Waals surface area contributed by atoms with E-state index < -0.39 is 0 Å². The second-order valence-corrected chi connectivity index (χ2v) is 5.28. The highest BCUT2D eigenvalue weighted by molar-refractivity contribution is 7.99. The van der Waals surface area contributed by atoms with Crippen molar-refractivity contribution >= 4 is 23.4 Å². The molecule has 0 aliphatic heterocycles. The van der Waals surface area contributed by atoms with Crippen LogP contribution in [0.4, 0.5) is 0 Å². The molecule has 0 spiro atoms. The number of thioether (sulfide) groups is 1. The smallest absolute Gasteiger partial charge is 0.0701 e. The molecule has 1 aromatic rings. The SMILES string of the molecule is COCCOCCOCCSc1ccc(CCl)cc1. The maximum Gasteiger partial charge on any atom is 0.0701 e. The van der Waals surface area contributed by atoms with Crippen molar-refractivity contribution in [2.24, 2.45) is 0 Å². The number of methoxy groups -OCH3 is 1. The summed E-state index contributed by atoms with van der Waals surface area (Å²) in [6.07, 6.45) is 0. The van der Waals surface area contributed by atoms with Gasteiger partial charge < -0.3 is 14.2 Å². The first-order valence-corrected chi connectivity index (χ1v) is 7.81. The highest BCUT2D eigenvalue weighted by Gasteiger charge is 1.96. The van der Waals surface area contributed by atoms with Crippen LogP contribution < -0.4 is 0 Å². The first-order valence-electron chi connectivity index (χ1n) is 6.29. The van der Waals surface area contributed by atoms with Gasteiger partial charge in [-0.3, -0.25) is 0 Å². The number of rotatable bonds is 11. The lowest BCUT2D eigenvalue weighted by Gasteiger charge is -2.06. The van der Waals surface area contributed by atoms with Gasteiger partial charge in [-0.05, 0) is 17.7 Å². The normalized spacial score (nSPS) is 10.8. The number of alkyl halides is 1. The second-order valence-electron chi connectivity index (χ2n) is 3.84. The van der Waals surface area contributed by atoms with E-state index in [4.69, 9.17) is 25.8 Å². The molecule has 0 amide bonds. The highest BCUT2D eigenvalue weighted by Crippen LogP contribution is 2.18. The Morgan fingerprint density at radius 3 is 2.21 bits per heavy atom. The quantitative estimate of drug-likeness (QED) is 0.356. The van der Waals surface area contributed by atoms with E-state index in [9.17, 15) is 0 Å². The van der Waals surface area contributed by atoms with Crippen molar-refractivity contribution in [2.45, 2.75) is 10.8 Å². The Hall–Kier alpha value is -0.260. The maximum absolute atomic E-state index is 5.74. The topological polar surface area (TPSA) is 27.7 Å². The molecule has 0 aromatic heterocycles. The minimum Gasteiger partial charge on any atom is -0.382 e. The standard InChI is InChI=1S/C14H21ClO3S/c1-16-6-7-17-8-9-18-10-11-19-14-4-2-13(12-15)3-5-14/h2-5H,6-12H2,1H3. The van der Waals surface area contributed by atoms with E-state index in [1.165, 1.54) is 4.90 Å². The molecule has 0 N–H and O–H groups in total. The zero-order valence-corrected chi connectivity index (χ0v) is 12.8. The summed E-state index contributed by atoms with van der Waals surface area (Å²) >= 11 is 7.52. The number of hydrogen-bond acceptors (Lipinski definition) is 4. The summed E-state index contributed by atoms with van der Waals surface area (Å²) in [4.78, 5) is 1.24. The average Bonchev–Trinajstić information content (AvgIpc) is 2.46. The number of ether oxygens (including phenoxy) is 3. The summed E-state index contributed by atoms with van der Waals surface area (Å²) in [7, 11) is 1.66. The minimum absolute atomic E-state index is 0.567. The van der Waals surface area contributed by atoms with Crippen molar-refractivity contribution in [1.82, 2.24) is 0 Å². The molecule has 1 rings (SSSR count). The Morgan fingerprint density at radius 2 is 1.58 bits per heavy atom. The summed E-state index contributed by atoms with van der Waals surface area (Å²) in [6, 6.07) is 8.30. The summed E-state index contributed by atoms with van der Waals surface area (Å²) < 4.78 is 15.6. The van der Waals surface area contributed by atoms with Crippen LogP contribution in [-0.2, 0) is 20.1 Å². The highest BCUT2D eigenvalue weighted by atomic mass is 35.5. The van der Waals surface area contributed by atoms with Gasteiger partial charge >= 0.3 is 0 Å². The zero-order chi connectivity index (χ0) is 13.8. The average molecular weight is 305 g/mol. The van der Waals surface area contributed by atoms with Crippen LogP contribution in [0.5, 0.6) is 0 Å². The van der Waals surface area contributed by atoms with E-state index in [1.54, 1.807) is 18.9 Å². The van der Waals surface area contributed by atoms with Crippen molar-refractivity contribution in [3.05, 3.63) is 29.8 Å². The van der Waals surface area contributed by atoms with Gasteiger partial charge in [-0.2, -0.15) is 0 Å². The van der Waals surface area contributed by atoms with Gasteiger partial charge in [0.2, 0.25) is 0 Å². The molecule has 0 saturated carbocycles. The molecule has 0 aliphatic carbocycles. The minimum atomic E-state index is 0.567. The molecule has 0 unspecified atom stereocenters. The van der Waals surface area contributed by atoms with E-state index >= 15 is 0 Å². The number of hydrogen-bond donors (Lipinski definition) is 0. The van der Waals surface area contributed by atoms with Crippen LogP contribution in [0.15, 0.2) is 29.2 Å². The van der Waals surface area contributed by atoms with Gasteiger partial charge in [-0.1, -0.05) is 12.1 Å². The summed E-state index contributed by atoms with van der Waals surface area (Å²) in [5.74, 6) is 1.51. The Labute approximate surface area is 124 Å². The predicted octanol–water partition coefficient (Wildman–Crippen LogP) is 3.20. The summed E-state index contributed by atoms with van der Waals surface area (Å²) in [5, 5.41) is 0. The van der Waals surface area contributed by atoms with Crippen molar-refractivity contribution < 1.29 is 14.2 Å². The fourth-order valence-electron chi connectivity index (χ4n) is 1.36. The molecule has 1 aromatic carbocycles. The third-order valence-electron chi connectivity index (χ3n) is 2.38. The first kappa shape index (κ1) is 16.8. The van der Waals surface area contributed by atoms with E-state index in [0.29, 0.717) is 32.3 Å². The lowest BCUT2D eigenvalue weighted by Crippen LogP contribution is -2.09. The van der Waals surface area contributed by atoms with Crippen LogP contribution in [0.1, 0.15) is 5.56 Å². The van der Waals surface area contributed by atoms with Crippen molar-refractivity contribution in [3.63, 3.8) is 0 Å². The second kappa shape index (κ2) is 11.6. The molecule has 19 heavy (non-hydrogen) atoms. The Morgan fingerprint density at radius 1 is 0.947 bits per heavy atom. The van der Waals surface area contributed by atoms with Crippen LogP contribution in [0.2, 0.25) is 0 Å². The third-order valence-corrected chi connectivity index (χ3v) is 3.66. The molecule has 3 nitrogen and oxygen atoms in total. The van der Waals surface area contributed by atoms with Crippen molar-refractivity contribution in [3.8, 4) is 0 Å². The molecule has 5 heteroatoms. The Balaban J connectivity index is 1.95. The van der Waals surface area contributed by atoms with Crippen molar-refractivity contribution in [1.29, 1.82) is 0 Å². The lowest BCUT2D eigenvalue weighted by atomic mass is 10.2. The van der Waals surface area contributed by atoms with E-state index in [-0.39, 0.29) is 0 Å². The molecule has 0 bridgehead atoms. The van der Waals surface area contributed by atoms with Crippen LogP contribution in [0, 0.1) is 0 Å². The van der Waals surface area contributed by atoms with Gasteiger partial charge in [0.05, 0.1) is 33.0 Å². The molecule has 0 radical (unpaired) electrons. The Kier molecular flexibility index (Phi) is 10.2. The summed E-state index contributed by atoms with van der Waals surface area (Å²) in [6.45, 7) is 3.25. The fraction of sp³-hybridized carbons (Fsp3) is 0.571. The zero-order valence-electron chi connectivity index (χ0n) is 11.3. The van der Waals surface area contributed by atoms with Gasteiger partial charge in [0.1, 0.15) is 0 Å². The maximum atomic E-state index is 5.74. The first-order chi connectivity index (χ1) is 9.36. The van der Waals surface area contributed by atoms with E-state index in [1.807, 2.05) is 0 Å². The number of halogens is 1. The van der Waals surface area contributed by atoms with Crippen LogP contribution in [-0.4, -0.2) is 45.9 Å². The lowest BCUT2D eigenvalue weighted by molar-refractivity contribution is 0.0286. The molecule has 0 saturated heterocycles. The molecular formula is C14H21ClO3S. The third kappa shape index (κ3) is 8.50. The van der Waals surface area contributed by atoms with Crippen LogP contribution in [0.25, 0.3) is 0 Å². The van der Waals surface area contributed by atoms with Gasteiger partial charge in [0.15, 0.2) is 0 Å². The fourth-order valence-corrected chi connectivity index (χ4v) is 2.30. The largest absolute Gasteiger partial charge is 0.382 e. The predicted molar refractivity (Wildman–Crippen MR) is 80.2 cm³/mol. The van der Waals surface area contributed by atoms with Crippen LogP contribution in [0.3, 0.4) is 0 Å². The molecule has 0 fully saturated rings. The molecule has 0 heterocycles. The molecule has 108 valence electrons. The molecule has 0 atom stereocenters. The van der Waals surface area contributed by atoms with Crippen molar-refractivity contribution in [2.75, 3.05) is 45.9 Å². The molecular weight excluding hydrogens is 284 g/mol. The Bertz CT molecular complexity index is 319. The van der Waals surface area contributed by atoms with E-state index in [0.717, 1.165) is 17.9 Å².